The number of anilines is 2. The molecule has 0 bridgehead atoms. The van der Waals surface area contributed by atoms with Crippen molar-refractivity contribution >= 4 is 44.7 Å². The predicted octanol–water partition coefficient (Wildman–Crippen LogP) is 3.60. The van der Waals surface area contributed by atoms with Crippen LogP contribution in [0, 0.1) is 17.0 Å². The molecule has 12 heteroatoms. The van der Waals surface area contributed by atoms with E-state index in [0.29, 0.717) is 5.76 Å². The number of nitrogens with one attached hydrogen (secondary N) is 2. The van der Waals surface area contributed by atoms with Crippen molar-refractivity contribution < 1.29 is 22.7 Å². The molecule has 1 heterocycles. The first-order chi connectivity index (χ1) is 13.7. The van der Waals surface area contributed by atoms with Crippen molar-refractivity contribution in [2.24, 2.45) is 0 Å². The Hall–Kier alpha value is -3.44. The zero-order valence-electron chi connectivity index (χ0n) is 14.7. The number of nitro groups is 1. The third-order valence-corrected chi connectivity index (χ3v) is 5.30. The first-order valence-corrected chi connectivity index (χ1v) is 9.83. The van der Waals surface area contributed by atoms with Crippen LogP contribution in [0.15, 0.2) is 57.9 Å². The molecule has 0 radical (unpaired) electrons. The summed E-state index contributed by atoms with van der Waals surface area (Å²) in [5.41, 5.74) is -0.388. The molecule has 0 saturated heterocycles. The zero-order chi connectivity index (χ0) is 21.2. The van der Waals surface area contributed by atoms with E-state index in [1.807, 2.05) is 0 Å². The van der Waals surface area contributed by atoms with Crippen LogP contribution in [0.1, 0.15) is 16.1 Å². The SMILES string of the molecule is Cc1cc(NS(=O)(=O)c2ccc(NC(=O)c3cc(Cl)ccc3[N+](=O)[O-])cc2)no1. The molecule has 0 atom stereocenters. The van der Waals surface area contributed by atoms with Gasteiger partial charge in [-0.2, -0.15) is 0 Å². The molecule has 0 unspecified atom stereocenters. The third kappa shape index (κ3) is 4.70. The molecule has 3 aromatic rings. The minimum atomic E-state index is -3.91. The number of sulfonamides is 1. The Morgan fingerprint density at radius 1 is 1.17 bits per heavy atom. The van der Waals surface area contributed by atoms with Gasteiger partial charge in [0.2, 0.25) is 0 Å². The van der Waals surface area contributed by atoms with Crippen LogP contribution in [0.25, 0.3) is 0 Å². The van der Waals surface area contributed by atoms with Crippen molar-refractivity contribution in [3.05, 3.63) is 75.0 Å². The van der Waals surface area contributed by atoms with Gasteiger partial charge in [-0.3, -0.25) is 19.6 Å². The largest absolute Gasteiger partial charge is 0.360 e. The molecule has 0 aliphatic heterocycles. The van der Waals surface area contributed by atoms with Gasteiger partial charge in [-0.15, -0.1) is 0 Å². The average Bonchev–Trinajstić information content (AvgIpc) is 3.05. The lowest BCUT2D eigenvalue weighted by molar-refractivity contribution is -0.385. The van der Waals surface area contributed by atoms with Crippen LogP contribution >= 0.6 is 11.6 Å². The Bertz CT molecular complexity index is 1190. The molecular formula is C17H13ClN4O6S. The van der Waals surface area contributed by atoms with Crippen LogP contribution in [0.2, 0.25) is 5.02 Å². The molecule has 0 spiro atoms. The highest BCUT2D eigenvalue weighted by Crippen LogP contribution is 2.24. The van der Waals surface area contributed by atoms with E-state index in [4.69, 9.17) is 16.1 Å². The second kappa shape index (κ2) is 7.89. The van der Waals surface area contributed by atoms with E-state index < -0.39 is 26.5 Å². The summed E-state index contributed by atoms with van der Waals surface area (Å²) in [6.45, 7) is 1.62. The molecule has 0 aliphatic carbocycles. The molecule has 150 valence electrons. The first kappa shape index (κ1) is 20.3. The van der Waals surface area contributed by atoms with E-state index in [0.717, 1.165) is 6.07 Å². The van der Waals surface area contributed by atoms with Gasteiger partial charge < -0.3 is 9.84 Å². The number of nitrogens with zero attached hydrogens (tertiary/aromatic N) is 2. The molecule has 1 amide bonds. The highest BCUT2D eigenvalue weighted by Gasteiger charge is 2.21. The number of benzene rings is 2. The molecular weight excluding hydrogens is 424 g/mol. The van der Waals surface area contributed by atoms with Gasteiger partial charge in [0, 0.05) is 22.8 Å². The third-order valence-electron chi connectivity index (χ3n) is 3.69. The molecule has 1 aromatic heterocycles. The fourth-order valence-corrected chi connectivity index (χ4v) is 3.53. The van der Waals surface area contributed by atoms with Crippen molar-refractivity contribution in [2.45, 2.75) is 11.8 Å². The van der Waals surface area contributed by atoms with Crippen molar-refractivity contribution in [1.29, 1.82) is 0 Å². The molecule has 0 aliphatic rings. The van der Waals surface area contributed by atoms with Crippen molar-refractivity contribution in [3.63, 3.8) is 0 Å². The topological polar surface area (TPSA) is 144 Å². The Labute approximate surface area is 169 Å². The number of rotatable bonds is 6. The maximum atomic E-state index is 12.4. The molecule has 2 N–H and O–H groups in total. The summed E-state index contributed by atoms with van der Waals surface area (Å²) in [4.78, 5) is 22.7. The molecule has 29 heavy (non-hydrogen) atoms. The van der Waals surface area contributed by atoms with E-state index in [9.17, 15) is 23.3 Å². The minimum absolute atomic E-state index is 0.0353. The smallest absolute Gasteiger partial charge is 0.282 e. The van der Waals surface area contributed by atoms with Crippen LogP contribution < -0.4 is 10.0 Å². The molecule has 10 nitrogen and oxygen atoms in total. The summed E-state index contributed by atoms with van der Waals surface area (Å²) in [6.07, 6.45) is 0. The van der Waals surface area contributed by atoms with Gasteiger partial charge in [-0.1, -0.05) is 16.8 Å². The maximum absolute atomic E-state index is 12.4. The lowest BCUT2D eigenvalue weighted by Crippen LogP contribution is -2.15. The minimum Gasteiger partial charge on any atom is -0.360 e. The van der Waals surface area contributed by atoms with Crippen molar-refractivity contribution in [3.8, 4) is 0 Å². The summed E-state index contributed by atoms with van der Waals surface area (Å²) in [5.74, 6) is -0.282. The Morgan fingerprint density at radius 3 is 2.45 bits per heavy atom. The molecule has 2 aromatic carbocycles. The Morgan fingerprint density at radius 2 is 1.86 bits per heavy atom. The van der Waals surface area contributed by atoms with E-state index >= 15 is 0 Å². The highest BCUT2D eigenvalue weighted by atomic mass is 35.5. The summed E-state index contributed by atoms with van der Waals surface area (Å²) in [7, 11) is -3.91. The number of halogens is 1. The summed E-state index contributed by atoms with van der Waals surface area (Å²) >= 11 is 5.82. The zero-order valence-corrected chi connectivity index (χ0v) is 16.3. The van der Waals surface area contributed by atoms with Gasteiger partial charge in [0.1, 0.15) is 11.3 Å². The highest BCUT2D eigenvalue weighted by molar-refractivity contribution is 7.92. The van der Waals surface area contributed by atoms with Gasteiger partial charge >= 0.3 is 0 Å². The second-order valence-corrected chi connectivity index (χ2v) is 7.94. The van der Waals surface area contributed by atoms with E-state index in [1.165, 1.54) is 42.5 Å². The molecule has 0 fully saturated rings. The lowest BCUT2D eigenvalue weighted by atomic mass is 10.1. The summed E-state index contributed by atoms with van der Waals surface area (Å²) in [6, 6.07) is 10.2. The fourth-order valence-electron chi connectivity index (χ4n) is 2.38. The molecule has 3 rings (SSSR count). The number of carbonyl (C=O) groups excluding carboxylic acids is 1. The van der Waals surface area contributed by atoms with Crippen LogP contribution in [0.3, 0.4) is 0 Å². The van der Waals surface area contributed by atoms with Gasteiger partial charge in [0.15, 0.2) is 5.82 Å². The van der Waals surface area contributed by atoms with E-state index in [2.05, 4.69) is 15.2 Å². The second-order valence-electron chi connectivity index (χ2n) is 5.83. The number of carbonyl (C=O) groups is 1. The molecule has 0 saturated carbocycles. The quantitative estimate of drug-likeness (QED) is 0.443. The van der Waals surface area contributed by atoms with Crippen LogP contribution in [-0.2, 0) is 10.0 Å². The van der Waals surface area contributed by atoms with Gasteiger partial charge in [0.25, 0.3) is 21.6 Å². The summed E-state index contributed by atoms with van der Waals surface area (Å²) in [5, 5.41) is 17.3. The number of nitro benzene ring substituents is 1. The maximum Gasteiger partial charge on any atom is 0.282 e. The van der Waals surface area contributed by atoms with Crippen molar-refractivity contribution in [2.75, 3.05) is 10.0 Å². The van der Waals surface area contributed by atoms with Crippen molar-refractivity contribution in [1.82, 2.24) is 5.16 Å². The standard InChI is InChI=1S/C17H13ClN4O6S/c1-10-8-16(20-28-10)21-29(26,27)13-5-3-12(4-6-13)19-17(23)14-9-11(18)2-7-15(14)22(24)25/h2-9H,1H3,(H,19,23)(H,20,21). The average molecular weight is 437 g/mol. The number of hydrogen-bond acceptors (Lipinski definition) is 7. The number of aryl methyl sites for hydroxylation is 1. The number of aromatic nitrogens is 1. The van der Waals surface area contributed by atoms with Crippen LogP contribution in [0.5, 0.6) is 0 Å². The number of amides is 1. The first-order valence-electron chi connectivity index (χ1n) is 7.97. The van der Waals surface area contributed by atoms with Gasteiger partial charge in [0.05, 0.1) is 9.82 Å². The van der Waals surface area contributed by atoms with Crippen LogP contribution in [-0.4, -0.2) is 24.4 Å². The van der Waals surface area contributed by atoms with Gasteiger partial charge in [-0.05, 0) is 43.3 Å². The summed E-state index contributed by atoms with van der Waals surface area (Å²) < 4.78 is 31.8. The Kier molecular flexibility index (Phi) is 5.52. The Balaban J connectivity index is 1.78. The number of hydrogen-bond donors (Lipinski definition) is 2. The fraction of sp³-hybridized carbons (Fsp3) is 0.0588. The van der Waals surface area contributed by atoms with Gasteiger partial charge in [-0.25, -0.2) is 8.42 Å². The van der Waals surface area contributed by atoms with E-state index in [1.54, 1.807) is 6.92 Å². The predicted molar refractivity (Wildman–Crippen MR) is 105 cm³/mol. The lowest BCUT2D eigenvalue weighted by Gasteiger charge is -2.08. The van der Waals surface area contributed by atoms with E-state index in [-0.39, 0.29) is 27.0 Å². The normalized spacial score (nSPS) is 11.1. The van der Waals surface area contributed by atoms with Crippen LogP contribution in [0.4, 0.5) is 17.2 Å². The monoisotopic (exact) mass is 436 g/mol.